The van der Waals surface area contributed by atoms with Crippen LogP contribution in [0.25, 0.3) is 0 Å². The number of hydrogen-bond acceptors (Lipinski definition) is 10. The van der Waals surface area contributed by atoms with Crippen molar-refractivity contribution in [2.45, 2.75) is 256 Å². The Kier molecular flexibility index (Phi) is 44.0. The Morgan fingerprint density at radius 2 is 1.25 bits per heavy atom. The molecule has 1 aliphatic rings. The van der Waals surface area contributed by atoms with Crippen LogP contribution in [0.2, 0.25) is 0 Å². The molecule has 1 aromatic carbocycles. The zero-order valence-corrected chi connectivity index (χ0v) is 52.4. The number of hydrazone groups is 1. The summed E-state index contributed by atoms with van der Waals surface area (Å²) in [5.41, 5.74) is 4.27. The van der Waals surface area contributed by atoms with Gasteiger partial charge in [-0.1, -0.05) is 169 Å². The van der Waals surface area contributed by atoms with E-state index >= 15 is 0 Å². The van der Waals surface area contributed by atoms with E-state index in [0.29, 0.717) is 43.9 Å². The Morgan fingerprint density at radius 3 is 1.85 bits per heavy atom. The monoisotopic (exact) mass is 1140 g/mol. The standard InChI is InChI=1S/C68H111N5O5S2/c1-5-7-9-11-13-15-17-19-21-23-25-27-29-31-33-38-52-68(53-39-34-32-30-28-26-24-22-20-18-16-14-12-10-8-6-2)77-60-64(78-68)50-57-73(4)56-42-36-35-40-54-69-65(74)44-43-58-76-63-48-46-62(47-49-63)61(3)71-72-66(75)51-59-79-80-67-45-37-41-55-70-67/h13-16,19-22,37,41,45-49,55,64H,5-12,17-18,23-36,38-40,42-44,50-54,56-60H2,1-4H3,(H,69,74)(H,72,75)/b15-13-,16-14-,21-19-,22-20-,71-61+. The summed E-state index contributed by atoms with van der Waals surface area (Å²) in [6, 6.07) is 13.4. The largest absolute Gasteiger partial charge is 0.494 e. The highest BCUT2D eigenvalue weighted by atomic mass is 33.1. The molecule has 2 amide bonds. The Balaban J connectivity index is 1.23. The predicted molar refractivity (Wildman–Crippen MR) is 344 cm³/mol. The molecule has 80 heavy (non-hydrogen) atoms. The third-order valence-corrected chi connectivity index (χ3v) is 17.0. The number of carbonyl (C=O) groups is 2. The molecule has 0 bridgehead atoms. The van der Waals surface area contributed by atoms with Crippen LogP contribution in [0, 0.1) is 0 Å². The number of ether oxygens (including phenoxy) is 3. The summed E-state index contributed by atoms with van der Waals surface area (Å²) in [5, 5.41) is 8.29. The fraction of sp³-hybridized carbons (Fsp3) is 0.676. The molecule has 1 unspecified atom stereocenters. The van der Waals surface area contributed by atoms with Gasteiger partial charge in [-0.25, -0.2) is 10.4 Å². The number of allylic oxidation sites excluding steroid dienone is 8. The molecule has 0 aliphatic carbocycles. The number of hydrogen-bond donors (Lipinski definition) is 2. The normalized spacial score (nSPS) is 14.7. The van der Waals surface area contributed by atoms with Gasteiger partial charge in [0.1, 0.15) is 10.8 Å². The Hall–Kier alpha value is -3.68. The van der Waals surface area contributed by atoms with E-state index in [4.69, 9.17) is 14.2 Å². The van der Waals surface area contributed by atoms with E-state index < -0.39 is 5.79 Å². The SMILES string of the molecule is CCCCC/C=C\C/C=C\CCCCCCCCC1(CCCCCCCC/C=C\C/C=C\CCCCC)OCC(CCN(C)CCCCCCNC(=O)CCCOc2ccc(/C(C)=N/NC(=O)CCSSc3ccccn3)cc2)O1. The van der Waals surface area contributed by atoms with Crippen molar-refractivity contribution in [1.82, 2.24) is 20.6 Å². The average molecular weight is 1140 g/mol. The molecular formula is C68H111N5O5S2. The number of nitrogens with one attached hydrogen (secondary N) is 2. The smallest absolute Gasteiger partial charge is 0.240 e. The van der Waals surface area contributed by atoms with Gasteiger partial charge in [0.15, 0.2) is 5.79 Å². The van der Waals surface area contributed by atoms with E-state index in [1.165, 1.54) is 141 Å². The van der Waals surface area contributed by atoms with Crippen molar-refractivity contribution in [2.24, 2.45) is 5.10 Å². The van der Waals surface area contributed by atoms with E-state index in [9.17, 15) is 9.59 Å². The molecule has 10 nitrogen and oxygen atoms in total. The molecular weight excluding hydrogens is 1030 g/mol. The minimum absolute atomic E-state index is 0.0771. The molecule has 450 valence electrons. The van der Waals surface area contributed by atoms with Gasteiger partial charge in [0.05, 0.1) is 25.0 Å². The highest BCUT2D eigenvalue weighted by molar-refractivity contribution is 8.76. The van der Waals surface area contributed by atoms with Gasteiger partial charge in [-0.3, -0.25) is 9.59 Å². The second-order valence-corrected chi connectivity index (χ2v) is 24.5. The minimum atomic E-state index is -0.398. The summed E-state index contributed by atoms with van der Waals surface area (Å²) >= 11 is 0. The maximum absolute atomic E-state index is 12.5. The summed E-state index contributed by atoms with van der Waals surface area (Å²) in [7, 11) is 5.40. The molecule has 2 N–H and O–H groups in total. The van der Waals surface area contributed by atoms with Gasteiger partial charge in [-0.15, -0.1) is 0 Å². The molecule has 1 saturated heterocycles. The van der Waals surface area contributed by atoms with Crippen molar-refractivity contribution in [1.29, 1.82) is 0 Å². The molecule has 1 fully saturated rings. The lowest BCUT2D eigenvalue weighted by Gasteiger charge is -2.29. The van der Waals surface area contributed by atoms with Gasteiger partial charge in [0, 0.05) is 50.7 Å². The van der Waals surface area contributed by atoms with E-state index in [1.807, 2.05) is 49.4 Å². The van der Waals surface area contributed by atoms with Crippen molar-refractivity contribution in [3.63, 3.8) is 0 Å². The van der Waals surface area contributed by atoms with Crippen LogP contribution in [0.4, 0.5) is 0 Å². The van der Waals surface area contributed by atoms with E-state index in [-0.39, 0.29) is 17.9 Å². The first-order valence-electron chi connectivity index (χ1n) is 32.0. The van der Waals surface area contributed by atoms with Crippen molar-refractivity contribution in [3.8, 4) is 5.75 Å². The van der Waals surface area contributed by atoms with Crippen molar-refractivity contribution in [3.05, 3.63) is 103 Å². The maximum atomic E-state index is 12.5. The molecule has 12 heteroatoms. The number of benzene rings is 1. The Labute approximate surface area is 496 Å². The van der Waals surface area contributed by atoms with Gasteiger partial charge in [0.2, 0.25) is 11.8 Å². The first kappa shape index (κ1) is 70.6. The summed E-state index contributed by atoms with van der Waals surface area (Å²) < 4.78 is 19.5. The van der Waals surface area contributed by atoms with Crippen LogP contribution in [0.1, 0.15) is 245 Å². The molecule has 0 saturated carbocycles. The molecule has 2 aromatic rings. The first-order chi connectivity index (χ1) is 39.3. The fourth-order valence-electron chi connectivity index (χ4n) is 9.68. The van der Waals surface area contributed by atoms with Crippen LogP contribution in [0.5, 0.6) is 5.75 Å². The number of amides is 2. The number of rotatable bonds is 52. The van der Waals surface area contributed by atoms with E-state index in [0.717, 1.165) is 93.8 Å². The van der Waals surface area contributed by atoms with Crippen LogP contribution in [0.3, 0.4) is 0 Å². The van der Waals surface area contributed by atoms with E-state index in [1.54, 1.807) is 27.8 Å². The summed E-state index contributed by atoms with van der Waals surface area (Å²) in [4.78, 5) is 31.5. The molecule has 0 radical (unpaired) electrons. The second-order valence-electron chi connectivity index (χ2n) is 22.0. The topological polar surface area (TPSA) is 114 Å². The summed E-state index contributed by atoms with van der Waals surface area (Å²) in [6.07, 6.45) is 60.1. The maximum Gasteiger partial charge on any atom is 0.240 e. The average Bonchev–Trinajstić information content (AvgIpc) is 3.91. The number of nitrogens with zero attached hydrogens (tertiary/aromatic N) is 3. The highest BCUT2D eigenvalue weighted by Crippen LogP contribution is 2.36. The molecule has 3 rings (SSSR count). The molecule has 1 atom stereocenters. The van der Waals surface area contributed by atoms with Gasteiger partial charge >= 0.3 is 0 Å². The van der Waals surface area contributed by atoms with Crippen LogP contribution in [-0.2, 0) is 19.1 Å². The zero-order valence-electron chi connectivity index (χ0n) is 50.8. The van der Waals surface area contributed by atoms with Crippen molar-refractivity contribution in [2.75, 3.05) is 45.6 Å². The van der Waals surface area contributed by atoms with E-state index in [2.05, 4.69) is 95.2 Å². The van der Waals surface area contributed by atoms with Crippen molar-refractivity contribution >= 4 is 39.1 Å². The van der Waals surface area contributed by atoms with Crippen LogP contribution in [-0.4, -0.2) is 84.9 Å². The minimum Gasteiger partial charge on any atom is -0.494 e. The van der Waals surface area contributed by atoms with Crippen LogP contribution in [0.15, 0.2) is 107 Å². The Morgan fingerprint density at radius 1 is 0.675 bits per heavy atom. The number of aromatic nitrogens is 1. The number of unbranched alkanes of at least 4 members (excludes halogenated alkanes) is 21. The molecule has 0 spiro atoms. The fourth-order valence-corrected chi connectivity index (χ4v) is 11.5. The summed E-state index contributed by atoms with van der Waals surface area (Å²) in [5.74, 6) is 0.961. The molecule has 2 heterocycles. The van der Waals surface area contributed by atoms with Gasteiger partial charge < -0.3 is 24.4 Å². The predicted octanol–water partition coefficient (Wildman–Crippen LogP) is 18.4. The van der Waals surface area contributed by atoms with Gasteiger partial charge in [-0.2, -0.15) is 5.10 Å². The highest BCUT2D eigenvalue weighted by Gasteiger charge is 2.40. The van der Waals surface area contributed by atoms with Crippen molar-refractivity contribution < 1.29 is 23.8 Å². The lowest BCUT2D eigenvalue weighted by Crippen LogP contribution is -2.32. The third kappa shape index (κ3) is 38.9. The lowest BCUT2D eigenvalue weighted by atomic mass is 9.98. The quantitative estimate of drug-likeness (QED) is 0.0220. The van der Waals surface area contributed by atoms with Crippen LogP contribution >= 0.6 is 21.6 Å². The number of carbonyl (C=O) groups excluding carboxylic acids is 2. The van der Waals surface area contributed by atoms with Gasteiger partial charge in [-0.05, 0) is 176 Å². The Bertz CT molecular complexity index is 1910. The second kappa shape index (κ2) is 49.9. The first-order valence-corrected chi connectivity index (χ1v) is 34.3. The third-order valence-electron chi connectivity index (χ3n) is 14.7. The molecule has 1 aliphatic heterocycles. The lowest BCUT2D eigenvalue weighted by molar-refractivity contribution is -0.180. The van der Waals surface area contributed by atoms with Crippen LogP contribution < -0.4 is 15.5 Å². The van der Waals surface area contributed by atoms with Gasteiger partial charge in [0.25, 0.3) is 0 Å². The molecule has 1 aromatic heterocycles. The number of pyridine rings is 1. The zero-order chi connectivity index (χ0) is 57.1. The summed E-state index contributed by atoms with van der Waals surface area (Å²) in [6.45, 7) is 10.4.